The van der Waals surface area contributed by atoms with E-state index >= 15 is 0 Å². The van der Waals surface area contributed by atoms with Crippen molar-refractivity contribution in [2.45, 2.75) is 25.5 Å². The number of hydrogen-bond acceptors (Lipinski definition) is 4. The van der Waals surface area contributed by atoms with Crippen LogP contribution in [0.25, 0.3) is 0 Å². The third-order valence-corrected chi connectivity index (χ3v) is 3.87. The molecule has 16 heavy (non-hydrogen) atoms. The van der Waals surface area contributed by atoms with E-state index in [0.717, 1.165) is 37.4 Å². The third kappa shape index (κ3) is 2.81. The number of aliphatic hydroxyl groups is 1. The summed E-state index contributed by atoms with van der Waals surface area (Å²) in [7, 11) is 0. The van der Waals surface area contributed by atoms with Gasteiger partial charge in [0.1, 0.15) is 4.88 Å². The van der Waals surface area contributed by atoms with Gasteiger partial charge in [0.25, 0.3) is 0 Å². The molecule has 2 N–H and O–H groups in total. The lowest BCUT2D eigenvalue weighted by Gasteiger charge is -2.28. The number of likely N-dealkylation sites (tertiary alicyclic amines) is 1. The Morgan fingerprint density at radius 3 is 2.69 bits per heavy atom. The molecule has 1 aromatic heterocycles. The number of nitrogens with zero attached hydrogens (tertiary/aromatic N) is 1. The van der Waals surface area contributed by atoms with Gasteiger partial charge in [-0.1, -0.05) is 0 Å². The second kappa shape index (κ2) is 4.95. The van der Waals surface area contributed by atoms with Gasteiger partial charge in [0.15, 0.2) is 0 Å². The quantitative estimate of drug-likeness (QED) is 0.840. The van der Waals surface area contributed by atoms with Crippen molar-refractivity contribution in [3.05, 3.63) is 21.9 Å². The van der Waals surface area contributed by atoms with Gasteiger partial charge in [0.05, 0.1) is 6.10 Å². The van der Waals surface area contributed by atoms with Crippen molar-refractivity contribution in [1.82, 2.24) is 4.90 Å². The Bertz CT molecular complexity index is 369. The molecular weight excluding hydrogens is 226 g/mol. The molecule has 1 aliphatic heterocycles. The van der Waals surface area contributed by atoms with Gasteiger partial charge < -0.3 is 10.2 Å². The molecule has 1 saturated heterocycles. The monoisotopic (exact) mass is 241 g/mol. The van der Waals surface area contributed by atoms with Gasteiger partial charge >= 0.3 is 5.97 Å². The molecule has 2 heterocycles. The van der Waals surface area contributed by atoms with Gasteiger partial charge in [-0.05, 0) is 25.0 Å². The standard InChI is InChI=1S/C11H15NO3S/c13-8-3-5-12(6-4-8)7-9-1-2-10(16-9)11(14)15/h1-2,8,13H,3-7H2,(H,14,15). The minimum absolute atomic E-state index is 0.158. The molecular formula is C11H15NO3S. The van der Waals surface area contributed by atoms with Crippen LogP contribution in [0.5, 0.6) is 0 Å². The molecule has 0 saturated carbocycles. The van der Waals surface area contributed by atoms with Crippen LogP contribution in [-0.2, 0) is 6.54 Å². The summed E-state index contributed by atoms with van der Waals surface area (Å²) >= 11 is 1.33. The number of aliphatic hydroxyl groups excluding tert-OH is 1. The van der Waals surface area contributed by atoms with E-state index in [-0.39, 0.29) is 6.10 Å². The van der Waals surface area contributed by atoms with Crippen LogP contribution in [-0.4, -0.2) is 40.3 Å². The molecule has 0 radical (unpaired) electrons. The highest BCUT2D eigenvalue weighted by Gasteiger charge is 2.17. The fraction of sp³-hybridized carbons (Fsp3) is 0.545. The highest BCUT2D eigenvalue weighted by Crippen LogP contribution is 2.20. The number of aromatic carboxylic acids is 1. The van der Waals surface area contributed by atoms with Crippen LogP contribution < -0.4 is 0 Å². The van der Waals surface area contributed by atoms with E-state index in [4.69, 9.17) is 5.11 Å². The summed E-state index contributed by atoms with van der Waals surface area (Å²) in [4.78, 5) is 14.4. The zero-order chi connectivity index (χ0) is 11.5. The highest BCUT2D eigenvalue weighted by molar-refractivity contribution is 7.13. The Hall–Kier alpha value is -0.910. The normalized spacial score (nSPS) is 18.8. The maximum atomic E-state index is 10.7. The Morgan fingerprint density at radius 2 is 2.12 bits per heavy atom. The molecule has 0 aromatic carbocycles. The van der Waals surface area contributed by atoms with Crippen LogP contribution in [0.1, 0.15) is 27.4 Å². The summed E-state index contributed by atoms with van der Waals surface area (Å²) in [6, 6.07) is 3.53. The van der Waals surface area contributed by atoms with E-state index in [2.05, 4.69) is 4.90 Å². The molecule has 88 valence electrons. The second-order valence-corrected chi connectivity index (χ2v) is 5.25. The number of carbonyl (C=O) groups is 1. The fourth-order valence-electron chi connectivity index (χ4n) is 1.88. The van der Waals surface area contributed by atoms with Crippen LogP contribution >= 0.6 is 11.3 Å². The van der Waals surface area contributed by atoms with E-state index in [9.17, 15) is 9.90 Å². The van der Waals surface area contributed by atoms with E-state index in [1.54, 1.807) is 6.07 Å². The molecule has 0 spiro atoms. The maximum absolute atomic E-state index is 10.7. The summed E-state index contributed by atoms with van der Waals surface area (Å²) in [5.41, 5.74) is 0. The van der Waals surface area contributed by atoms with Crippen molar-refractivity contribution in [3.8, 4) is 0 Å². The minimum Gasteiger partial charge on any atom is -0.477 e. The lowest BCUT2D eigenvalue weighted by molar-refractivity contribution is 0.0702. The van der Waals surface area contributed by atoms with Crippen molar-refractivity contribution >= 4 is 17.3 Å². The van der Waals surface area contributed by atoms with Gasteiger partial charge in [-0.3, -0.25) is 4.90 Å². The predicted molar refractivity (Wildman–Crippen MR) is 61.8 cm³/mol. The van der Waals surface area contributed by atoms with Gasteiger partial charge in [0, 0.05) is 24.5 Å². The number of piperidine rings is 1. The second-order valence-electron chi connectivity index (χ2n) is 4.08. The van der Waals surface area contributed by atoms with Crippen LogP contribution in [0.3, 0.4) is 0 Å². The molecule has 0 atom stereocenters. The molecule has 1 fully saturated rings. The smallest absolute Gasteiger partial charge is 0.345 e. The lowest BCUT2D eigenvalue weighted by Crippen LogP contribution is -2.35. The van der Waals surface area contributed by atoms with Crippen LogP contribution in [0.15, 0.2) is 12.1 Å². The maximum Gasteiger partial charge on any atom is 0.345 e. The SMILES string of the molecule is O=C(O)c1ccc(CN2CCC(O)CC2)s1. The topological polar surface area (TPSA) is 60.8 Å². The summed E-state index contributed by atoms with van der Waals surface area (Å²) in [5, 5.41) is 18.2. The number of rotatable bonds is 3. The first-order chi connectivity index (χ1) is 7.65. The molecule has 0 unspecified atom stereocenters. The first kappa shape index (κ1) is 11.6. The van der Waals surface area contributed by atoms with E-state index in [1.807, 2.05) is 6.07 Å². The molecule has 5 heteroatoms. The number of carboxylic acid groups (broad SMARTS) is 1. The largest absolute Gasteiger partial charge is 0.477 e. The summed E-state index contributed by atoms with van der Waals surface area (Å²) in [6.45, 7) is 2.58. The van der Waals surface area contributed by atoms with Crippen molar-refractivity contribution in [2.75, 3.05) is 13.1 Å². The molecule has 2 rings (SSSR count). The van der Waals surface area contributed by atoms with E-state index < -0.39 is 5.97 Å². The van der Waals surface area contributed by atoms with Crippen LogP contribution in [0, 0.1) is 0 Å². The van der Waals surface area contributed by atoms with Crippen LogP contribution in [0.4, 0.5) is 0 Å². The zero-order valence-corrected chi connectivity index (χ0v) is 9.74. The average Bonchev–Trinajstić information content (AvgIpc) is 2.70. The first-order valence-electron chi connectivity index (χ1n) is 5.37. The summed E-state index contributed by atoms with van der Waals surface area (Å²) < 4.78 is 0. The summed E-state index contributed by atoms with van der Waals surface area (Å²) in [6.07, 6.45) is 1.48. The van der Waals surface area contributed by atoms with Crippen molar-refractivity contribution in [1.29, 1.82) is 0 Å². The van der Waals surface area contributed by atoms with Gasteiger partial charge in [-0.2, -0.15) is 0 Å². The molecule has 0 amide bonds. The van der Waals surface area contributed by atoms with E-state index in [0.29, 0.717) is 4.88 Å². The Kier molecular flexibility index (Phi) is 3.58. The molecule has 1 aromatic rings. The molecule has 0 aliphatic carbocycles. The average molecular weight is 241 g/mol. The number of thiophene rings is 1. The summed E-state index contributed by atoms with van der Waals surface area (Å²) in [5.74, 6) is -0.856. The van der Waals surface area contributed by atoms with E-state index in [1.165, 1.54) is 11.3 Å². The Labute approximate surface area is 98.1 Å². The number of hydrogen-bond donors (Lipinski definition) is 2. The first-order valence-corrected chi connectivity index (χ1v) is 6.19. The van der Waals surface area contributed by atoms with Crippen LogP contribution in [0.2, 0.25) is 0 Å². The zero-order valence-electron chi connectivity index (χ0n) is 8.93. The van der Waals surface area contributed by atoms with Crippen molar-refractivity contribution < 1.29 is 15.0 Å². The minimum atomic E-state index is -0.856. The van der Waals surface area contributed by atoms with Crippen molar-refractivity contribution in [2.24, 2.45) is 0 Å². The third-order valence-electron chi connectivity index (χ3n) is 2.81. The molecule has 4 nitrogen and oxygen atoms in total. The highest BCUT2D eigenvalue weighted by atomic mass is 32.1. The predicted octanol–water partition coefficient (Wildman–Crippen LogP) is 1.40. The Morgan fingerprint density at radius 1 is 1.44 bits per heavy atom. The van der Waals surface area contributed by atoms with Gasteiger partial charge in [0.2, 0.25) is 0 Å². The van der Waals surface area contributed by atoms with Gasteiger partial charge in [-0.25, -0.2) is 4.79 Å². The fourth-order valence-corrected chi connectivity index (χ4v) is 2.76. The Balaban J connectivity index is 1.91. The lowest BCUT2D eigenvalue weighted by atomic mass is 10.1. The molecule has 0 bridgehead atoms. The van der Waals surface area contributed by atoms with Gasteiger partial charge in [-0.15, -0.1) is 11.3 Å². The number of carboxylic acids is 1. The molecule has 1 aliphatic rings. The van der Waals surface area contributed by atoms with Crippen molar-refractivity contribution in [3.63, 3.8) is 0 Å².